The lowest BCUT2D eigenvalue weighted by Crippen LogP contribution is -2.01. The third kappa shape index (κ3) is 1.87. The van der Waals surface area contributed by atoms with Crippen molar-refractivity contribution >= 4 is 22.6 Å². The molecule has 0 amide bonds. The highest BCUT2D eigenvalue weighted by Gasteiger charge is 2.07. The topological polar surface area (TPSA) is 30.7 Å². The average molecular weight is 258 g/mol. The van der Waals surface area contributed by atoms with Gasteiger partial charge in [-0.2, -0.15) is 4.80 Å². The first-order valence-corrected chi connectivity index (χ1v) is 6.11. The number of aromatic nitrogens is 3. The number of nitrogens with zero attached hydrogens (tertiary/aromatic N) is 3. The molecule has 0 radical (unpaired) electrons. The average Bonchev–Trinajstić information content (AvgIpc) is 2.74. The number of rotatable bonds is 1. The summed E-state index contributed by atoms with van der Waals surface area (Å²) in [6.45, 7) is 4.11. The van der Waals surface area contributed by atoms with E-state index in [1.165, 1.54) is 5.56 Å². The van der Waals surface area contributed by atoms with E-state index in [-0.39, 0.29) is 0 Å². The molecule has 3 rings (SSSR count). The molecule has 1 heterocycles. The van der Waals surface area contributed by atoms with E-state index in [9.17, 15) is 0 Å². The zero-order valence-electron chi connectivity index (χ0n) is 10.2. The number of fused-ring (bicyclic) bond motifs is 1. The Kier molecular flexibility index (Phi) is 2.56. The molecule has 0 unspecified atom stereocenters. The SMILES string of the molecule is Cc1ccc(C)c(-n2nc3ccc(Cl)cc3n2)c1. The lowest BCUT2D eigenvalue weighted by atomic mass is 10.1. The van der Waals surface area contributed by atoms with E-state index in [0.29, 0.717) is 5.02 Å². The molecule has 0 aliphatic rings. The van der Waals surface area contributed by atoms with Crippen LogP contribution in [0.3, 0.4) is 0 Å². The minimum absolute atomic E-state index is 0.676. The predicted molar refractivity (Wildman–Crippen MR) is 73.3 cm³/mol. The highest BCUT2D eigenvalue weighted by atomic mass is 35.5. The molecule has 0 saturated heterocycles. The normalized spacial score (nSPS) is 11.1. The number of hydrogen-bond donors (Lipinski definition) is 0. The highest BCUT2D eigenvalue weighted by molar-refractivity contribution is 6.31. The molecule has 0 aliphatic carbocycles. The first kappa shape index (κ1) is 11.2. The molecule has 3 nitrogen and oxygen atoms in total. The fourth-order valence-electron chi connectivity index (χ4n) is 1.93. The van der Waals surface area contributed by atoms with E-state index in [1.54, 1.807) is 4.80 Å². The van der Waals surface area contributed by atoms with Crippen molar-refractivity contribution in [3.05, 3.63) is 52.5 Å². The van der Waals surface area contributed by atoms with E-state index in [0.717, 1.165) is 22.3 Å². The summed E-state index contributed by atoms with van der Waals surface area (Å²) in [5.41, 5.74) is 4.99. The maximum atomic E-state index is 5.95. The van der Waals surface area contributed by atoms with Gasteiger partial charge in [-0.3, -0.25) is 0 Å². The second-order valence-electron chi connectivity index (χ2n) is 4.41. The molecule has 0 bridgehead atoms. The Hall–Kier alpha value is -1.87. The fourth-order valence-corrected chi connectivity index (χ4v) is 2.10. The first-order valence-electron chi connectivity index (χ1n) is 5.74. The van der Waals surface area contributed by atoms with Crippen LogP contribution in [0.5, 0.6) is 0 Å². The van der Waals surface area contributed by atoms with Gasteiger partial charge >= 0.3 is 0 Å². The fraction of sp³-hybridized carbons (Fsp3) is 0.143. The van der Waals surface area contributed by atoms with E-state index in [2.05, 4.69) is 42.2 Å². The molecule has 0 fully saturated rings. The van der Waals surface area contributed by atoms with Gasteiger partial charge in [0.05, 0.1) is 5.69 Å². The summed E-state index contributed by atoms with van der Waals surface area (Å²) in [6.07, 6.45) is 0. The summed E-state index contributed by atoms with van der Waals surface area (Å²) in [5.74, 6) is 0. The van der Waals surface area contributed by atoms with Crippen LogP contribution in [0.25, 0.3) is 16.7 Å². The molecule has 0 spiro atoms. The van der Waals surface area contributed by atoms with Crippen molar-refractivity contribution in [1.29, 1.82) is 0 Å². The van der Waals surface area contributed by atoms with Gasteiger partial charge in [-0.05, 0) is 49.2 Å². The van der Waals surface area contributed by atoms with Crippen LogP contribution in [0, 0.1) is 13.8 Å². The molecule has 18 heavy (non-hydrogen) atoms. The van der Waals surface area contributed by atoms with Crippen molar-refractivity contribution in [2.75, 3.05) is 0 Å². The van der Waals surface area contributed by atoms with Gasteiger partial charge in [0.2, 0.25) is 0 Å². The van der Waals surface area contributed by atoms with Crippen LogP contribution in [-0.4, -0.2) is 15.0 Å². The Morgan fingerprint density at radius 1 is 0.944 bits per heavy atom. The molecule has 90 valence electrons. The molecule has 2 aromatic carbocycles. The number of halogens is 1. The van der Waals surface area contributed by atoms with Gasteiger partial charge in [-0.1, -0.05) is 23.7 Å². The van der Waals surface area contributed by atoms with Crippen LogP contribution in [0.4, 0.5) is 0 Å². The molecule has 0 saturated carbocycles. The molecule has 0 atom stereocenters. The summed E-state index contributed by atoms with van der Waals surface area (Å²) < 4.78 is 0. The van der Waals surface area contributed by atoms with Crippen LogP contribution >= 0.6 is 11.6 Å². The quantitative estimate of drug-likeness (QED) is 0.666. The summed E-state index contributed by atoms with van der Waals surface area (Å²) in [7, 11) is 0. The molecule has 1 aromatic heterocycles. The largest absolute Gasteiger partial charge is 0.150 e. The van der Waals surface area contributed by atoms with Crippen LogP contribution in [0.2, 0.25) is 5.02 Å². The zero-order valence-corrected chi connectivity index (χ0v) is 10.9. The van der Waals surface area contributed by atoms with Gasteiger partial charge in [0.1, 0.15) is 11.0 Å². The molecule has 4 heteroatoms. The van der Waals surface area contributed by atoms with Gasteiger partial charge in [0.15, 0.2) is 0 Å². The summed E-state index contributed by atoms with van der Waals surface area (Å²) >= 11 is 5.95. The standard InChI is InChI=1S/C14H12ClN3/c1-9-3-4-10(2)14(7-9)18-16-12-6-5-11(15)8-13(12)17-18/h3-8H,1-2H3. The highest BCUT2D eigenvalue weighted by Crippen LogP contribution is 2.19. The minimum atomic E-state index is 0.676. The Morgan fingerprint density at radius 2 is 1.72 bits per heavy atom. The molecule has 0 aliphatic heterocycles. The molecular formula is C14H12ClN3. The van der Waals surface area contributed by atoms with Crippen molar-refractivity contribution in [3.63, 3.8) is 0 Å². The third-order valence-corrected chi connectivity index (χ3v) is 3.16. The van der Waals surface area contributed by atoms with Gasteiger partial charge in [0, 0.05) is 5.02 Å². The second-order valence-corrected chi connectivity index (χ2v) is 4.85. The van der Waals surface area contributed by atoms with Crippen LogP contribution in [0.1, 0.15) is 11.1 Å². The number of benzene rings is 2. The maximum Gasteiger partial charge on any atom is 0.115 e. The second kappa shape index (κ2) is 4.10. The van der Waals surface area contributed by atoms with Crippen molar-refractivity contribution in [2.45, 2.75) is 13.8 Å². The van der Waals surface area contributed by atoms with E-state index in [1.807, 2.05) is 18.2 Å². The van der Waals surface area contributed by atoms with Crippen molar-refractivity contribution < 1.29 is 0 Å². The third-order valence-electron chi connectivity index (χ3n) is 2.92. The van der Waals surface area contributed by atoms with Crippen molar-refractivity contribution in [3.8, 4) is 5.69 Å². The Morgan fingerprint density at radius 3 is 2.56 bits per heavy atom. The predicted octanol–water partition coefficient (Wildman–Crippen LogP) is 3.69. The van der Waals surface area contributed by atoms with Crippen LogP contribution < -0.4 is 0 Å². The van der Waals surface area contributed by atoms with Gasteiger partial charge < -0.3 is 0 Å². The molecule has 0 N–H and O–H groups in total. The van der Waals surface area contributed by atoms with Crippen molar-refractivity contribution in [2.24, 2.45) is 0 Å². The summed E-state index contributed by atoms with van der Waals surface area (Å²) in [5, 5.41) is 9.62. The molecule has 3 aromatic rings. The Bertz CT molecular complexity index is 731. The lowest BCUT2D eigenvalue weighted by molar-refractivity contribution is 0.759. The van der Waals surface area contributed by atoms with Gasteiger partial charge in [-0.25, -0.2) is 0 Å². The Balaban J connectivity index is 2.22. The monoisotopic (exact) mass is 257 g/mol. The van der Waals surface area contributed by atoms with Crippen LogP contribution in [0.15, 0.2) is 36.4 Å². The first-order chi connectivity index (χ1) is 8.63. The molecular weight excluding hydrogens is 246 g/mol. The Labute approximate surface area is 110 Å². The lowest BCUT2D eigenvalue weighted by Gasteiger charge is -2.04. The van der Waals surface area contributed by atoms with Gasteiger partial charge in [0.25, 0.3) is 0 Å². The smallest absolute Gasteiger partial charge is 0.115 e. The number of aryl methyl sites for hydroxylation is 2. The van der Waals surface area contributed by atoms with E-state index >= 15 is 0 Å². The maximum absolute atomic E-state index is 5.95. The zero-order chi connectivity index (χ0) is 12.7. The van der Waals surface area contributed by atoms with E-state index < -0.39 is 0 Å². The summed E-state index contributed by atoms with van der Waals surface area (Å²) in [6, 6.07) is 11.8. The number of hydrogen-bond acceptors (Lipinski definition) is 2. The van der Waals surface area contributed by atoms with Crippen LogP contribution in [-0.2, 0) is 0 Å². The van der Waals surface area contributed by atoms with E-state index in [4.69, 9.17) is 11.6 Å². The van der Waals surface area contributed by atoms with Crippen molar-refractivity contribution in [1.82, 2.24) is 15.0 Å². The van der Waals surface area contributed by atoms with Gasteiger partial charge in [-0.15, -0.1) is 10.2 Å². The summed E-state index contributed by atoms with van der Waals surface area (Å²) in [4.78, 5) is 1.67. The minimum Gasteiger partial charge on any atom is -0.150 e.